The van der Waals surface area contributed by atoms with Gasteiger partial charge in [0.05, 0.1) is 18.2 Å². The molecule has 0 saturated carbocycles. The Kier molecular flexibility index (Phi) is 7.53. The Labute approximate surface area is 187 Å². The number of likely N-dealkylation sites (tertiary alicyclic amines) is 1. The third-order valence-electron chi connectivity index (χ3n) is 5.21. The molecule has 1 amide bonds. The first-order valence-corrected chi connectivity index (χ1v) is 10.6. The Morgan fingerprint density at radius 1 is 1.06 bits per heavy atom. The van der Waals surface area contributed by atoms with Crippen molar-refractivity contribution in [3.8, 4) is 11.5 Å². The number of methoxy groups -OCH3 is 1. The number of aliphatic hydroxyl groups excluding tert-OH is 1. The van der Waals surface area contributed by atoms with Crippen LogP contribution in [0.3, 0.4) is 0 Å². The molecule has 2 aromatic rings. The van der Waals surface area contributed by atoms with Crippen molar-refractivity contribution in [3.05, 3.63) is 65.2 Å². The highest BCUT2D eigenvalue weighted by Crippen LogP contribution is 2.40. The second-order valence-electron chi connectivity index (χ2n) is 8.16. The van der Waals surface area contributed by atoms with Crippen LogP contribution in [-0.4, -0.2) is 53.7 Å². The van der Waals surface area contributed by atoms with E-state index in [0.717, 1.165) is 0 Å². The maximum Gasteiger partial charge on any atom is 0.295 e. The zero-order chi connectivity index (χ0) is 23.3. The van der Waals surface area contributed by atoms with E-state index < -0.39 is 17.7 Å². The third kappa shape index (κ3) is 5.11. The van der Waals surface area contributed by atoms with E-state index in [0.29, 0.717) is 49.0 Å². The third-order valence-corrected chi connectivity index (χ3v) is 5.21. The van der Waals surface area contributed by atoms with E-state index in [1.54, 1.807) is 43.5 Å². The SMILES string of the molecule is COCCCN1C(=O)C(=O)C(=C(O)c2ccc(OCC(C)C)cc2)[C@H]1c1ccc(O)cc1. The van der Waals surface area contributed by atoms with Gasteiger partial charge in [-0.2, -0.15) is 0 Å². The number of nitrogens with zero attached hydrogens (tertiary/aromatic N) is 1. The summed E-state index contributed by atoms with van der Waals surface area (Å²) in [6, 6.07) is 12.3. The van der Waals surface area contributed by atoms with Crippen LogP contribution in [0, 0.1) is 5.92 Å². The number of ether oxygens (including phenoxy) is 2. The van der Waals surface area contributed by atoms with Crippen molar-refractivity contribution < 1.29 is 29.3 Å². The van der Waals surface area contributed by atoms with Crippen LogP contribution in [0.2, 0.25) is 0 Å². The van der Waals surface area contributed by atoms with E-state index in [-0.39, 0.29) is 17.1 Å². The van der Waals surface area contributed by atoms with E-state index in [2.05, 4.69) is 13.8 Å². The summed E-state index contributed by atoms with van der Waals surface area (Å²) in [6.45, 7) is 5.40. The first-order valence-electron chi connectivity index (χ1n) is 10.6. The average molecular weight is 440 g/mol. The first kappa shape index (κ1) is 23.3. The van der Waals surface area contributed by atoms with Gasteiger partial charge in [0.25, 0.3) is 11.7 Å². The van der Waals surface area contributed by atoms with Gasteiger partial charge in [-0.15, -0.1) is 0 Å². The van der Waals surface area contributed by atoms with Crippen molar-refractivity contribution in [2.45, 2.75) is 26.3 Å². The molecule has 0 radical (unpaired) electrons. The maximum absolute atomic E-state index is 12.9. The predicted octanol–water partition coefficient (Wildman–Crippen LogP) is 3.89. The Hall–Kier alpha value is -3.32. The molecule has 0 bridgehead atoms. The highest BCUT2D eigenvalue weighted by molar-refractivity contribution is 6.46. The summed E-state index contributed by atoms with van der Waals surface area (Å²) in [7, 11) is 1.57. The average Bonchev–Trinajstić information content (AvgIpc) is 3.03. The number of carbonyl (C=O) groups excluding carboxylic acids is 2. The molecule has 2 N–H and O–H groups in total. The van der Waals surface area contributed by atoms with Crippen molar-refractivity contribution in [3.63, 3.8) is 0 Å². The van der Waals surface area contributed by atoms with Crippen LogP contribution in [0.5, 0.6) is 11.5 Å². The van der Waals surface area contributed by atoms with E-state index in [9.17, 15) is 19.8 Å². The number of aromatic hydroxyl groups is 1. The van der Waals surface area contributed by atoms with Gasteiger partial charge in [0.1, 0.15) is 17.3 Å². The van der Waals surface area contributed by atoms with E-state index >= 15 is 0 Å². The number of phenols is 1. The van der Waals surface area contributed by atoms with Crippen molar-refractivity contribution in [1.82, 2.24) is 4.90 Å². The molecule has 3 rings (SSSR count). The predicted molar refractivity (Wildman–Crippen MR) is 120 cm³/mol. The smallest absolute Gasteiger partial charge is 0.295 e. The molecule has 7 heteroatoms. The molecular weight excluding hydrogens is 410 g/mol. The molecule has 1 aliphatic rings. The zero-order valence-corrected chi connectivity index (χ0v) is 18.6. The minimum absolute atomic E-state index is 0.0222. The second kappa shape index (κ2) is 10.3. The van der Waals surface area contributed by atoms with Crippen LogP contribution in [0.4, 0.5) is 0 Å². The summed E-state index contributed by atoms with van der Waals surface area (Å²) in [5.74, 6) is -0.545. The fourth-order valence-corrected chi connectivity index (χ4v) is 3.62. The monoisotopic (exact) mass is 439 g/mol. The number of amides is 1. The zero-order valence-electron chi connectivity index (χ0n) is 18.6. The summed E-state index contributed by atoms with van der Waals surface area (Å²) in [6.07, 6.45) is 0.542. The molecule has 32 heavy (non-hydrogen) atoms. The maximum atomic E-state index is 12.9. The number of carbonyl (C=O) groups is 2. The number of hydrogen-bond acceptors (Lipinski definition) is 6. The summed E-state index contributed by atoms with van der Waals surface area (Å²) >= 11 is 0. The molecule has 1 heterocycles. The summed E-state index contributed by atoms with van der Waals surface area (Å²) in [5, 5.41) is 20.7. The van der Waals surface area contributed by atoms with E-state index in [1.807, 2.05) is 0 Å². The standard InChI is InChI=1S/C25H29NO6/c1-16(2)15-32-20-11-7-18(8-12-20)23(28)21-22(17-5-9-19(27)10-6-17)26(13-4-14-31-3)25(30)24(21)29/h5-12,16,22,27-28H,4,13-15H2,1-3H3/t22-/m1/s1. The molecule has 1 aliphatic heterocycles. The number of hydrogen-bond donors (Lipinski definition) is 2. The highest BCUT2D eigenvalue weighted by atomic mass is 16.5. The largest absolute Gasteiger partial charge is 0.508 e. The molecule has 1 saturated heterocycles. The summed E-state index contributed by atoms with van der Waals surface area (Å²) in [4.78, 5) is 27.2. The van der Waals surface area contributed by atoms with Crippen molar-refractivity contribution in [2.24, 2.45) is 5.92 Å². The Bertz CT molecular complexity index is 978. The molecule has 170 valence electrons. The van der Waals surface area contributed by atoms with Crippen LogP contribution in [0.1, 0.15) is 37.4 Å². The highest BCUT2D eigenvalue weighted by Gasteiger charge is 2.45. The fourth-order valence-electron chi connectivity index (χ4n) is 3.62. The fraction of sp³-hybridized carbons (Fsp3) is 0.360. The second-order valence-corrected chi connectivity index (χ2v) is 8.16. The number of phenolic OH excluding ortho intramolecular Hbond substituents is 1. The van der Waals surface area contributed by atoms with Gasteiger partial charge in [0.2, 0.25) is 0 Å². The summed E-state index contributed by atoms with van der Waals surface area (Å²) in [5.41, 5.74) is 1.06. The van der Waals surface area contributed by atoms with Gasteiger partial charge in [-0.1, -0.05) is 26.0 Å². The lowest BCUT2D eigenvalue weighted by atomic mass is 9.95. The van der Waals surface area contributed by atoms with E-state index in [1.165, 1.54) is 17.0 Å². The lowest BCUT2D eigenvalue weighted by Gasteiger charge is -2.25. The quantitative estimate of drug-likeness (QED) is 0.266. The van der Waals surface area contributed by atoms with Gasteiger partial charge >= 0.3 is 0 Å². The van der Waals surface area contributed by atoms with Crippen LogP contribution in [0.25, 0.3) is 5.76 Å². The van der Waals surface area contributed by atoms with Gasteiger partial charge in [0.15, 0.2) is 0 Å². The van der Waals surface area contributed by atoms with Crippen molar-refractivity contribution >= 4 is 17.4 Å². The van der Waals surface area contributed by atoms with Crippen LogP contribution in [0.15, 0.2) is 54.1 Å². The minimum Gasteiger partial charge on any atom is -0.508 e. The first-order chi connectivity index (χ1) is 15.3. The molecule has 0 spiro atoms. The van der Waals surface area contributed by atoms with Crippen LogP contribution >= 0.6 is 0 Å². The molecule has 1 fully saturated rings. The Morgan fingerprint density at radius 3 is 2.31 bits per heavy atom. The van der Waals surface area contributed by atoms with Gasteiger partial charge in [-0.25, -0.2) is 0 Å². The minimum atomic E-state index is -0.760. The number of aliphatic hydroxyl groups is 1. The molecule has 7 nitrogen and oxygen atoms in total. The topological polar surface area (TPSA) is 96.3 Å². The number of rotatable bonds is 9. The molecule has 1 atom stereocenters. The van der Waals surface area contributed by atoms with Crippen LogP contribution in [-0.2, 0) is 14.3 Å². The van der Waals surface area contributed by atoms with Gasteiger partial charge < -0.3 is 24.6 Å². The van der Waals surface area contributed by atoms with E-state index in [4.69, 9.17) is 9.47 Å². The summed E-state index contributed by atoms with van der Waals surface area (Å²) < 4.78 is 10.8. The molecule has 2 aromatic carbocycles. The number of Topliss-reactive ketones (excluding diaryl/α,β-unsaturated/α-hetero) is 1. The normalized spacial score (nSPS) is 17.9. The Balaban J connectivity index is 2.00. The number of ketones is 1. The Morgan fingerprint density at radius 2 is 1.72 bits per heavy atom. The number of benzene rings is 2. The molecule has 0 aliphatic carbocycles. The van der Waals surface area contributed by atoms with Gasteiger partial charge in [-0.3, -0.25) is 9.59 Å². The van der Waals surface area contributed by atoms with Gasteiger partial charge in [0, 0.05) is 25.8 Å². The molecular formula is C25H29NO6. The van der Waals surface area contributed by atoms with Crippen molar-refractivity contribution in [2.75, 3.05) is 26.9 Å². The van der Waals surface area contributed by atoms with Gasteiger partial charge in [-0.05, 0) is 54.3 Å². The lowest BCUT2D eigenvalue weighted by molar-refractivity contribution is -0.140. The molecule has 0 aromatic heterocycles. The van der Waals surface area contributed by atoms with Crippen LogP contribution < -0.4 is 4.74 Å². The molecule has 0 unspecified atom stereocenters. The van der Waals surface area contributed by atoms with Crippen molar-refractivity contribution in [1.29, 1.82) is 0 Å². The lowest BCUT2D eigenvalue weighted by Crippen LogP contribution is -2.31.